The van der Waals surface area contributed by atoms with E-state index in [1.165, 1.54) is 24.3 Å². The summed E-state index contributed by atoms with van der Waals surface area (Å²) >= 11 is 0. The van der Waals surface area contributed by atoms with Crippen LogP contribution < -0.4 is 10.5 Å². The van der Waals surface area contributed by atoms with Gasteiger partial charge in [0.2, 0.25) is 10.0 Å². The zero-order valence-corrected chi connectivity index (χ0v) is 11.7. The summed E-state index contributed by atoms with van der Waals surface area (Å²) < 4.78 is 39.9. The fourth-order valence-electron chi connectivity index (χ4n) is 1.78. The van der Waals surface area contributed by atoms with Crippen molar-refractivity contribution in [1.29, 1.82) is 5.26 Å². The van der Waals surface area contributed by atoms with Gasteiger partial charge in [-0.3, -0.25) is 4.72 Å². The number of nitrogens with zero attached hydrogens (tertiary/aromatic N) is 1. The lowest BCUT2D eigenvalue weighted by atomic mass is 10.1. The maximum Gasteiger partial charge on any atom is 0.237 e. The number of hydrogen-bond donors (Lipinski definition) is 2. The molecule has 0 spiro atoms. The molecule has 3 N–H and O–H groups in total. The van der Waals surface area contributed by atoms with Crippen LogP contribution in [0.15, 0.2) is 42.5 Å². The van der Waals surface area contributed by atoms with E-state index in [9.17, 15) is 12.8 Å². The smallest absolute Gasteiger partial charge is 0.237 e. The number of nitrogen functional groups attached to an aromatic ring is 1. The van der Waals surface area contributed by atoms with E-state index in [0.29, 0.717) is 5.56 Å². The molecular weight excluding hydrogens is 293 g/mol. The van der Waals surface area contributed by atoms with Crippen molar-refractivity contribution in [3.63, 3.8) is 0 Å². The molecule has 7 heteroatoms. The Bertz CT molecular complexity index is 813. The highest BCUT2D eigenvalue weighted by Crippen LogP contribution is 2.20. The lowest BCUT2D eigenvalue weighted by Crippen LogP contribution is -2.16. The minimum Gasteiger partial charge on any atom is -0.399 e. The molecule has 0 saturated heterocycles. The first-order chi connectivity index (χ1) is 9.91. The Kier molecular flexibility index (Phi) is 4.10. The Morgan fingerprint density at radius 2 is 1.95 bits per heavy atom. The first-order valence-electron chi connectivity index (χ1n) is 5.95. The van der Waals surface area contributed by atoms with Crippen molar-refractivity contribution < 1.29 is 12.8 Å². The molecule has 0 unspecified atom stereocenters. The van der Waals surface area contributed by atoms with E-state index < -0.39 is 21.6 Å². The van der Waals surface area contributed by atoms with E-state index in [1.807, 2.05) is 6.07 Å². The van der Waals surface area contributed by atoms with E-state index in [1.54, 1.807) is 12.1 Å². The maximum atomic E-state index is 13.6. The number of nitrogens with one attached hydrogen (secondary N) is 1. The molecule has 21 heavy (non-hydrogen) atoms. The Morgan fingerprint density at radius 1 is 1.24 bits per heavy atom. The molecule has 0 heterocycles. The minimum atomic E-state index is -3.84. The lowest BCUT2D eigenvalue weighted by molar-refractivity contribution is 0.598. The first-order valence-corrected chi connectivity index (χ1v) is 7.60. The van der Waals surface area contributed by atoms with Gasteiger partial charge in [0.05, 0.1) is 23.1 Å². The zero-order chi connectivity index (χ0) is 15.5. The van der Waals surface area contributed by atoms with Gasteiger partial charge in [0.15, 0.2) is 0 Å². The summed E-state index contributed by atoms with van der Waals surface area (Å²) in [6.45, 7) is 0. The third-order valence-electron chi connectivity index (χ3n) is 2.74. The van der Waals surface area contributed by atoms with Gasteiger partial charge in [0, 0.05) is 5.69 Å². The fraction of sp³-hybridized carbons (Fsp3) is 0.0714. The second-order valence-corrected chi connectivity index (χ2v) is 6.09. The second kappa shape index (κ2) is 5.81. The van der Waals surface area contributed by atoms with E-state index in [-0.39, 0.29) is 16.9 Å². The molecule has 0 fully saturated rings. The third-order valence-corrected chi connectivity index (χ3v) is 3.96. The van der Waals surface area contributed by atoms with Crippen molar-refractivity contribution in [3.8, 4) is 6.07 Å². The molecule has 0 aliphatic heterocycles. The van der Waals surface area contributed by atoms with Crippen LogP contribution in [-0.4, -0.2) is 8.42 Å². The summed E-state index contributed by atoms with van der Waals surface area (Å²) in [6, 6.07) is 11.9. The average molecular weight is 305 g/mol. The number of sulfonamides is 1. The lowest BCUT2D eigenvalue weighted by Gasteiger charge is -2.10. The number of anilines is 2. The maximum absolute atomic E-state index is 13.6. The number of nitriles is 1. The number of hydrogen-bond acceptors (Lipinski definition) is 4. The molecule has 0 aliphatic carbocycles. The van der Waals surface area contributed by atoms with E-state index in [0.717, 1.165) is 6.07 Å². The van der Waals surface area contributed by atoms with Crippen LogP contribution in [0.4, 0.5) is 15.8 Å². The predicted molar refractivity (Wildman–Crippen MR) is 78.2 cm³/mol. The molecule has 0 aromatic heterocycles. The number of halogens is 1. The molecule has 0 aliphatic rings. The van der Waals surface area contributed by atoms with Crippen LogP contribution in [-0.2, 0) is 15.8 Å². The number of nitrogens with two attached hydrogens (primary N) is 1. The highest BCUT2D eigenvalue weighted by atomic mass is 32.2. The van der Waals surface area contributed by atoms with Crippen LogP contribution >= 0.6 is 0 Å². The second-order valence-electron chi connectivity index (χ2n) is 4.37. The molecule has 0 saturated carbocycles. The van der Waals surface area contributed by atoms with Crippen LogP contribution in [0, 0.1) is 17.1 Å². The quantitative estimate of drug-likeness (QED) is 0.846. The van der Waals surface area contributed by atoms with E-state index in [2.05, 4.69) is 4.72 Å². The molecule has 2 aromatic carbocycles. The van der Waals surface area contributed by atoms with Crippen molar-refractivity contribution in [2.75, 3.05) is 10.5 Å². The molecule has 2 rings (SSSR count). The van der Waals surface area contributed by atoms with Gasteiger partial charge in [-0.1, -0.05) is 18.2 Å². The van der Waals surface area contributed by atoms with Gasteiger partial charge in [-0.05, 0) is 29.8 Å². The summed E-state index contributed by atoms with van der Waals surface area (Å²) in [5, 5.41) is 8.94. The monoisotopic (exact) mass is 305 g/mol. The Hall–Kier alpha value is -2.59. The van der Waals surface area contributed by atoms with Crippen molar-refractivity contribution >= 4 is 21.4 Å². The topological polar surface area (TPSA) is 96.0 Å². The summed E-state index contributed by atoms with van der Waals surface area (Å²) in [7, 11) is -3.84. The summed E-state index contributed by atoms with van der Waals surface area (Å²) in [6.07, 6.45) is 0. The molecule has 2 aromatic rings. The van der Waals surface area contributed by atoms with Crippen molar-refractivity contribution in [2.24, 2.45) is 0 Å². The summed E-state index contributed by atoms with van der Waals surface area (Å²) in [5.41, 5.74) is 6.03. The molecule has 0 amide bonds. The largest absolute Gasteiger partial charge is 0.399 e. The zero-order valence-electron chi connectivity index (χ0n) is 10.9. The molecular formula is C14H12FN3O2S. The van der Waals surface area contributed by atoms with E-state index in [4.69, 9.17) is 11.0 Å². The van der Waals surface area contributed by atoms with Crippen LogP contribution in [0.25, 0.3) is 0 Å². The van der Waals surface area contributed by atoms with Gasteiger partial charge >= 0.3 is 0 Å². The predicted octanol–water partition coefficient (Wildman–Crippen LogP) is 2.22. The van der Waals surface area contributed by atoms with Crippen LogP contribution in [0.5, 0.6) is 0 Å². The van der Waals surface area contributed by atoms with E-state index >= 15 is 0 Å². The fourth-order valence-corrected chi connectivity index (χ4v) is 3.01. The van der Waals surface area contributed by atoms with Crippen LogP contribution in [0.1, 0.15) is 11.1 Å². The molecule has 5 nitrogen and oxygen atoms in total. The Balaban J connectivity index is 2.25. The van der Waals surface area contributed by atoms with Gasteiger partial charge < -0.3 is 5.73 Å². The Morgan fingerprint density at radius 3 is 2.62 bits per heavy atom. The molecule has 0 radical (unpaired) electrons. The van der Waals surface area contributed by atoms with Crippen LogP contribution in [0.2, 0.25) is 0 Å². The minimum absolute atomic E-state index is 0.182. The number of rotatable bonds is 4. The van der Waals surface area contributed by atoms with Crippen LogP contribution in [0.3, 0.4) is 0 Å². The van der Waals surface area contributed by atoms with Crippen molar-refractivity contribution in [2.45, 2.75) is 5.75 Å². The van der Waals surface area contributed by atoms with Gasteiger partial charge in [0.1, 0.15) is 5.82 Å². The molecule has 0 bridgehead atoms. The summed E-state index contributed by atoms with van der Waals surface area (Å²) in [4.78, 5) is 0. The van der Waals surface area contributed by atoms with Gasteiger partial charge in [-0.2, -0.15) is 5.26 Å². The third kappa shape index (κ3) is 3.70. The standard InChI is InChI=1S/C14H12FN3O2S/c15-13-7-12(17)5-6-14(13)18-21(19,20)9-11-4-2-1-3-10(11)8-16/h1-7,18H,9,17H2. The number of benzene rings is 2. The highest BCUT2D eigenvalue weighted by molar-refractivity contribution is 7.91. The Labute approximate surface area is 121 Å². The van der Waals surface area contributed by atoms with Gasteiger partial charge in [-0.25, -0.2) is 12.8 Å². The van der Waals surface area contributed by atoms with Crippen molar-refractivity contribution in [3.05, 3.63) is 59.4 Å². The van der Waals surface area contributed by atoms with Gasteiger partial charge in [-0.15, -0.1) is 0 Å². The molecule has 0 atom stereocenters. The highest BCUT2D eigenvalue weighted by Gasteiger charge is 2.16. The normalized spacial score (nSPS) is 10.9. The van der Waals surface area contributed by atoms with Crippen molar-refractivity contribution in [1.82, 2.24) is 0 Å². The average Bonchev–Trinajstić information content (AvgIpc) is 2.42. The molecule has 108 valence electrons. The first kappa shape index (κ1) is 14.8. The van der Waals surface area contributed by atoms with Gasteiger partial charge in [0.25, 0.3) is 0 Å². The SMILES string of the molecule is N#Cc1ccccc1CS(=O)(=O)Nc1ccc(N)cc1F. The summed E-state index contributed by atoms with van der Waals surface area (Å²) in [5.74, 6) is -1.17.